The Morgan fingerprint density at radius 3 is 1.30 bits per heavy atom. The number of hydrogen-bond donors (Lipinski definition) is 0. The third kappa shape index (κ3) is 3.96. The van der Waals surface area contributed by atoms with Crippen LogP contribution in [0.15, 0.2) is 167 Å². The molecule has 0 saturated heterocycles. The van der Waals surface area contributed by atoms with Gasteiger partial charge in [-0.3, -0.25) is 0 Å². The van der Waals surface area contributed by atoms with E-state index in [0.29, 0.717) is 0 Å². The highest BCUT2D eigenvalue weighted by Crippen LogP contribution is 2.40. The van der Waals surface area contributed by atoms with E-state index in [1.54, 1.807) is 0 Å². The maximum absolute atomic E-state index is 6.44. The maximum Gasteiger partial charge on any atom is 0.143 e. The average Bonchev–Trinajstić information content (AvgIpc) is 3.67. The fourth-order valence-electron chi connectivity index (χ4n) is 6.54. The summed E-state index contributed by atoms with van der Waals surface area (Å²) < 4.78 is 12.8. The number of hydrogen-bond acceptors (Lipinski definition) is 2. The van der Waals surface area contributed by atoms with Gasteiger partial charge in [0, 0.05) is 32.7 Å². The number of furan rings is 2. The predicted octanol–water partition coefficient (Wildman–Crippen LogP) is 12.2. The second-order valence-corrected chi connectivity index (χ2v) is 11.3. The molecule has 7 aromatic carbocycles. The number of benzene rings is 7. The van der Waals surface area contributed by atoms with Crippen LogP contribution in [0.25, 0.3) is 88.4 Å². The van der Waals surface area contributed by atoms with Gasteiger partial charge < -0.3 is 8.83 Å². The number of rotatable bonds is 4. The van der Waals surface area contributed by atoms with Crippen molar-refractivity contribution >= 4 is 43.9 Å². The molecule has 206 valence electrons. The van der Waals surface area contributed by atoms with Crippen molar-refractivity contribution in [3.63, 3.8) is 0 Å². The molecule has 9 rings (SSSR count). The molecule has 0 atom stereocenters. The number of para-hydroxylation sites is 4. The third-order valence-electron chi connectivity index (χ3n) is 8.69. The molecule has 0 spiro atoms. The average molecular weight is 563 g/mol. The maximum atomic E-state index is 6.44. The monoisotopic (exact) mass is 562 g/mol. The van der Waals surface area contributed by atoms with Crippen molar-refractivity contribution in [1.82, 2.24) is 0 Å². The van der Waals surface area contributed by atoms with Crippen LogP contribution in [0.5, 0.6) is 0 Å². The summed E-state index contributed by atoms with van der Waals surface area (Å²) in [6.07, 6.45) is 0. The van der Waals surface area contributed by atoms with Gasteiger partial charge in [0.05, 0.1) is 0 Å². The van der Waals surface area contributed by atoms with Crippen molar-refractivity contribution in [2.24, 2.45) is 0 Å². The summed E-state index contributed by atoms with van der Waals surface area (Å²) in [6, 6.07) is 55.6. The summed E-state index contributed by atoms with van der Waals surface area (Å²) in [5.41, 5.74) is 12.8. The smallest absolute Gasteiger partial charge is 0.143 e. The SMILES string of the molecule is c1ccc(-c2cc(-c3ccc(-c4cccc5c4oc4ccccc45)cc3)cc(-c3cccc4c3oc3ccccc34)c2)cc1. The molecule has 0 saturated carbocycles. The van der Waals surface area contributed by atoms with Crippen molar-refractivity contribution < 1.29 is 8.83 Å². The molecular formula is C42H26O2. The lowest BCUT2D eigenvalue weighted by atomic mass is 9.92. The van der Waals surface area contributed by atoms with Gasteiger partial charge in [0.25, 0.3) is 0 Å². The molecule has 0 fully saturated rings. The first-order chi connectivity index (χ1) is 21.8. The largest absolute Gasteiger partial charge is 0.455 e. The molecule has 2 heteroatoms. The Morgan fingerprint density at radius 2 is 0.705 bits per heavy atom. The van der Waals surface area contributed by atoms with E-state index in [1.165, 1.54) is 11.1 Å². The van der Waals surface area contributed by atoms with Crippen LogP contribution in [-0.2, 0) is 0 Å². The van der Waals surface area contributed by atoms with Gasteiger partial charge in [-0.15, -0.1) is 0 Å². The van der Waals surface area contributed by atoms with Crippen LogP contribution < -0.4 is 0 Å². The minimum absolute atomic E-state index is 0.907. The van der Waals surface area contributed by atoms with Crippen molar-refractivity contribution in [2.75, 3.05) is 0 Å². The highest BCUT2D eigenvalue weighted by atomic mass is 16.3. The first kappa shape index (κ1) is 24.7. The van der Waals surface area contributed by atoms with E-state index < -0.39 is 0 Å². The lowest BCUT2D eigenvalue weighted by molar-refractivity contribution is 0.669. The van der Waals surface area contributed by atoms with Crippen molar-refractivity contribution in [1.29, 1.82) is 0 Å². The van der Waals surface area contributed by atoms with Crippen LogP contribution >= 0.6 is 0 Å². The molecule has 0 bridgehead atoms. The van der Waals surface area contributed by atoms with E-state index in [1.807, 2.05) is 24.3 Å². The normalized spacial score (nSPS) is 11.6. The zero-order valence-electron chi connectivity index (χ0n) is 23.8. The van der Waals surface area contributed by atoms with E-state index in [4.69, 9.17) is 8.83 Å². The molecule has 0 radical (unpaired) electrons. The molecule has 0 aliphatic carbocycles. The Balaban J connectivity index is 1.19. The first-order valence-corrected chi connectivity index (χ1v) is 14.9. The van der Waals surface area contributed by atoms with E-state index >= 15 is 0 Å². The fraction of sp³-hybridized carbons (Fsp3) is 0. The zero-order chi connectivity index (χ0) is 29.0. The van der Waals surface area contributed by atoms with E-state index in [9.17, 15) is 0 Å². The van der Waals surface area contributed by atoms with Gasteiger partial charge in [-0.2, -0.15) is 0 Å². The van der Waals surface area contributed by atoms with E-state index in [-0.39, 0.29) is 0 Å². The van der Waals surface area contributed by atoms with Gasteiger partial charge in [0.1, 0.15) is 22.3 Å². The Morgan fingerprint density at radius 1 is 0.273 bits per heavy atom. The summed E-state index contributed by atoms with van der Waals surface area (Å²) in [4.78, 5) is 0. The molecule has 2 nitrogen and oxygen atoms in total. The topological polar surface area (TPSA) is 26.3 Å². The molecular weight excluding hydrogens is 536 g/mol. The molecule has 0 aliphatic heterocycles. The summed E-state index contributed by atoms with van der Waals surface area (Å²) in [7, 11) is 0. The second-order valence-electron chi connectivity index (χ2n) is 11.3. The molecule has 0 aliphatic rings. The van der Waals surface area contributed by atoms with Gasteiger partial charge in [-0.05, 0) is 63.7 Å². The van der Waals surface area contributed by atoms with Crippen molar-refractivity contribution in [3.05, 3.63) is 158 Å². The van der Waals surface area contributed by atoms with Crippen molar-refractivity contribution in [3.8, 4) is 44.5 Å². The summed E-state index contributed by atoms with van der Waals surface area (Å²) in [5, 5.41) is 4.56. The van der Waals surface area contributed by atoms with Crippen molar-refractivity contribution in [2.45, 2.75) is 0 Å². The highest BCUT2D eigenvalue weighted by Gasteiger charge is 2.15. The summed E-state index contributed by atoms with van der Waals surface area (Å²) in [6.45, 7) is 0. The summed E-state index contributed by atoms with van der Waals surface area (Å²) >= 11 is 0. The van der Waals surface area contributed by atoms with Crippen LogP contribution in [0.1, 0.15) is 0 Å². The Bertz CT molecular complexity index is 2480. The molecule has 9 aromatic rings. The lowest BCUT2D eigenvalue weighted by Crippen LogP contribution is -1.87. The Kier molecular flexibility index (Phi) is 5.54. The number of fused-ring (bicyclic) bond motifs is 6. The van der Waals surface area contributed by atoms with Crippen LogP contribution in [-0.4, -0.2) is 0 Å². The minimum Gasteiger partial charge on any atom is -0.455 e. The zero-order valence-corrected chi connectivity index (χ0v) is 23.8. The van der Waals surface area contributed by atoms with Crippen LogP contribution in [0, 0.1) is 0 Å². The molecule has 0 amide bonds. The quantitative estimate of drug-likeness (QED) is 0.213. The standard InChI is InChI=1S/C42H26O2/c1-2-10-27(11-3-1)30-24-31(26-32(25-30)34-15-9-17-38-36-13-5-7-19-40(36)44-42(34)38)28-20-22-29(23-21-28)33-14-8-16-37-35-12-4-6-18-39(35)43-41(33)37/h1-26H. The molecule has 2 heterocycles. The minimum atomic E-state index is 0.907. The molecule has 44 heavy (non-hydrogen) atoms. The van der Waals surface area contributed by atoms with Crippen LogP contribution in [0.3, 0.4) is 0 Å². The second kappa shape index (κ2) is 9.86. The first-order valence-electron chi connectivity index (χ1n) is 14.9. The highest BCUT2D eigenvalue weighted by molar-refractivity contribution is 6.10. The fourth-order valence-corrected chi connectivity index (χ4v) is 6.54. The van der Waals surface area contributed by atoms with Gasteiger partial charge in [0.15, 0.2) is 0 Å². The molecule has 2 aromatic heterocycles. The molecule has 0 unspecified atom stereocenters. The van der Waals surface area contributed by atoms with Gasteiger partial charge >= 0.3 is 0 Å². The van der Waals surface area contributed by atoms with E-state index in [0.717, 1.165) is 77.3 Å². The van der Waals surface area contributed by atoms with Gasteiger partial charge in [-0.25, -0.2) is 0 Å². The summed E-state index contributed by atoms with van der Waals surface area (Å²) in [5.74, 6) is 0. The Labute approximate surface area is 254 Å². The Hall–Kier alpha value is -5.86. The van der Waals surface area contributed by atoms with Crippen LogP contribution in [0.4, 0.5) is 0 Å². The van der Waals surface area contributed by atoms with E-state index in [2.05, 4.69) is 133 Å². The van der Waals surface area contributed by atoms with Gasteiger partial charge in [-0.1, -0.05) is 127 Å². The van der Waals surface area contributed by atoms with Gasteiger partial charge in [0.2, 0.25) is 0 Å². The lowest BCUT2D eigenvalue weighted by Gasteiger charge is -2.12. The predicted molar refractivity (Wildman–Crippen MR) is 183 cm³/mol. The molecule has 0 N–H and O–H groups in total. The third-order valence-corrected chi connectivity index (χ3v) is 8.69. The van der Waals surface area contributed by atoms with Crippen LogP contribution in [0.2, 0.25) is 0 Å².